The zero-order valence-corrected chi connectivity index (χ0v) is 12.4. The lowest BCUT2D eigenvalue weighted by molar-refractivity contribution is -0.124. The Morgan fingerprint density at radius 2 is 2.18 bits per heavy atom. The molecule has 2 N–H and O–H groups in total. The molecule has 0 radical (unpaired) electrons. The SMILES string of the molecule is CC(=O)CN=C1NC(=O)[C@H]([C@H](C)c2c[nH]c3ccccc23)O1. The molecule has 0 unspecified atom stereocenters. The summed E-state index contributed by atoms with van der Waals surface area (Å²) in [6.45, 7) is 3.38. The standard InChI is InChI=1S/C16H17N3O3/c1-9(20)7-18-16-19-15(21)14(22-16)10(2)12-8-17-13-6-4-3-5-11(12)13/h3-6,8,10,14,17H,7H2,1-2H3,(H,18,19,21)/t10-,14+/m1/s1. The second-order valence-corrected chi connectivity index (χ2v) is 5.43. The number of aliphatic imine (C=N–C) groups is 1. The van der Waals surface area contributed by atoms with Crippen molar-refractivity contribution in [3.05, 3.63) is 36.0 Å². The van der Waals surface area contributed by atoms with Crippen LogP contribution in [0.25, 0.3) is 10.9 Å². The number of hydrogen-bond donors (Lipinski definition) is 2. The van der Waals surface area contributed by atoms with Crippen molar-refractivity contribution in [2.75, 3.05) is 6.54 Å². The highest BCUT2D eigenvalue weighted by atomic mass is 16.5. The maximum Gasteiger partial charge on any atom is 0.292 e. The fourth-order valence-corrected chi connectivity index (χ4v) is 2.60. The number of carbonyl (C=O) groups is 2. The average molecular weight is 299 g/mol. The zero-order chi connectivity index (χ0) is 15.7. The van der Waals surface area contributed by atoms with E-state index in [0.29, 0.717) is 0 Å². The van der Waals surface area contributed by atoms with Crippen LogP contribution in [0.4, 0.5) is 0 Å². The molecule has 6 nitrogen and oxygen atoms in total. The van der Waals surface area contributed by atoms with Gasteiger partial charge in [0.15, 0.2) is 11.9 Å². The summed E-state index contributed by atoms with van der Waals surface area (Å²) in [6, 6.07) is 8.04. The Kier molecular flexibility index (Phi) is 3.66. The number of para-hydroxylation sites is 1. The van der Waals surface area contributed by atoms with Crippen molar-refractivity contribution >= 4 is 28.6 Å². The second kappa shape index (κ2) is 5.63. The van der Waals surface area contributed by atoms with E-state index in [2.05, 4.69) is 15.3 Å². The molecule has 0 saturated carbocycles. The molecule has 1 saturated heterocycles. The molecular formula is C16H17N3O3. The zero-order valence-electron chi connectivity index (χ0n) is 12.4. The van der Waals surface area contributed by atoms with Crippen LogP contribution in [0.3, 0.4) is 0 Å². The smallest absolute Gasteiger partial charge is 0.292 e. The molecule has 3 rings (SSSR count). The molecule has 0 aliphatic carbocycles. The van der Waals surface area contributed by atoms with E-state index in [-0.39, 0.29) is 30.2 Å². The Morgan fingerprint density at radius 1 is 1.41 bits per heavy atom. The number of Topliss-reactive ketones (excluding diaryl/α,β-unsaturated/α-hetero) is 1. The lowest BCUT2D eigenvalue weighted by Crippen LogP contribution is -2.28. The molecule has 1 aliphatic rings. The quantitative estimate of drug-likeness (QED) is 0.902. The number of fused-ring (bicyclic) bond motifs is 1. The lowest BCUT2D eigenvalue weighted by Gasteiger charge is -2.15. The van der Waals surface area contributed by atoms with Crippen LogP contribution in [0.1, 0.15) is 25.3 Å². The second-order valence-electron chi connectivity index (χ2n) is 5.43. The molecule has 22 heavy (non-hydrogen) atoms. The minimum atomic E-state index is -0.648. The summed E-state index contributed by atoms with van der Waals surface area (Å²) >= 11 is 0. The number of rotatable bonds is 4. The highest BCUT2D eigenvalue weighted by Crippen LogP contribution is 2.30. The van der Waals surface area contributed by atoms with Gasteiger partial charge in [-0.2, -0.15) is 0 Å². The minimum absolute atomic E-state index is 0.00377. The summed E-state index contributed by atoms with van der Waals surface area (Å²) in [5, 5.41) is 3.65. The van der Waals surface area contributed by atoms with Gasteiger partial charge < -0.3 is 9.72 Å². The van der Waals surface area contributed by atoms with Gasteiger partial charge in [-0.3, -0.25) is 14.9 Å². The number of hydrogen-bond acceptors (Lipinski definition) is 4. The number of amidine groups is 1. The van der Waals surface area contributed by atoms with E-state index in [1.54, 1.807) is 0 Å². The summed E-state index contributed by atoms with van der Waals surface area (Å²) < 4.78 is 5.58. The summed E-state index contributed by atoms with van der Waals surface area (Å²) in [5.41, 5.74) is 2.04. The number of amides is 1. The summed E-state index contributed by atoms with van der Waals surface area (Å²) in [7, 11) is 0. The number of nitrogens with zero attached hydrogens (tertiary/aromatic N) is 1. The molecule has 1 amide bonds. The Balaban J connectivity index is 1.83. The molecule has 2 atom stereocenters. The Morgan fingerprint density at radius 3 is 2.95 bits per heavy atom. The van der Waals surface area contributed by atoms with Gasteiger partial charge in [-0.1, -0.05) is 25.1 Å². The van der Waals surface area contributed by atoms with Gasteiger partial charge in [0.25, 0.3) is 11.9 Å². The molecule has 1 aromatic heterocycles. The predicted octanol–water partition coefficient (Wildman–Crippen LogP) is 1.73. The number of aromatic amines is 1. The number of carbonyl (C=O) groups excluding carboxylic acids is 2. The van der Waals surface area contributed by atoms with Crippen LogP contribution in [-0.2, 0) is 14.3 Å². The minimum Gasteiger partial charge on any atom is -0.451 e. The molecule has 1 fully saturated rings. The number of aromatic nitrogens is 1. The number of ether oxygens (including phenoxy) is 1. The van der Waals surface area contributed by atoms with Gasteiger partial charge in [-0.05, 0) is 18.6 Å². The number of nitrogens with one attached hydrogen (secondary N) is 2. The van der Waals surface area contributed by atoms with Gasteiger partial charge in [0, 0.05) is 23.0 Å². The third-order valence-electron chi connectivity index (χ3n) is 3.74. The lowest BCUT2D eigenvalue weighted by atomic mass is 9.94. The van der Waals surface area contributed by atoms with Crippen LogP contribution >= 0.6 is 0 Å². The maximum absolute atomic E-state index is 12.1. The van der Waals surface area contributed by atoms with E-state index in [0.717, 1.165) is 16.5 Å². The monoisotopic (exact) mass is 299 g/mol. The topological polar surface area (TPSA) is 83.5 Å². The molecule has 2 heterocycles. The van der Waals surface area contributed by atoms with Gasteiger partial charge >= 0.3 is 0 Å². The molecule has 2 aromatic rings. The van der Waals surface area contributed by atoms with E-state index in [1.807, 2.05) is 37.4 Å². The van der Waals surface area contributed by atoms with Gasteiger partial charge in [-0.25, -0.2) is 4.99 Å². The van der Waals surface area contributed by atoms with Gasteiger partial charge in [0.05, 0.1) is 0 Å². The summed E-state index contributed by atoms with van der Waals surface area (Å²) in [4.78, 5) is 30.2. The Hall–Kier alpha value is -2.63. The van der Waals surface area contributed by atoms with Crippen LogP contribution < -0.4 is 5.32 Å². The van der Waals surface area contributed by atoms with Crippen LogP contribution in [0, 0.1) is 0 Å². The van der Waals surface area contributed by atoms with Crippen LogP contribution in [0.5, 0.6) is 0 Å². The van der Waals surface area contributed by atoms with Gasteiger partial charge in [0.1, 0.15) is 6.54 Å². The molecule has 114 valence electrons. The van der Waals surface area contributed by atoms with Crippen molar-refractivity contribution in [3.8, 4) is 0 Å². The van der Waals surface area contributed by atoms with E-state index >= 15 is 0 Å². The van der Waals surface area contributed by atoms with E-state index in [4.69, 9.17) is 4.74 Å². The van der Waals surface area contributed by atoms with Gasteiger partial charge in [0.2, 0.25) is 0 Å². The van der Waals surface area contributed by atoms with Crippen molar-refractivity contribution in [2.24, 2.45) is 4.99 Å². The van der Waals surface area contributed by atoms with E-state index < -0.39 is 6.10 Å². The third kappa shape index (κ3) is 2.59. The molecule has 1 aromatic carbocycles. The first-order valence-electron chi connectivity index (χ1n) is 7.13. The van der Waals surface area contributed by atoms with Crippen molar-refractivity contribution in [2.45, 2.75) is 25.9 Å². The Bertz CT molecular complexity index is 763. The number of benzene rings is 1. The summed E-state index contributed by atoms with van der Waals surface area (Å²) in [5.74, 6) is -0.459. The molecule has 0 bridgehead atoms. The predicted molar refractivity (Wildman–Crippen MR) is 82.7 cm³/mol. The van der Waals surface area contributed by atoms with Crippen LogP contribution in [0.2, 0.25) is 0 Å². The first-order valence-corrected chi connectivity index (χ1v) is 7.13. The van der Waals surface area contributed by atoms with Crippen LogP contribution in [0.15, 0.2) is 35.5 Å². The largest absolute Gasteiger partial charge is 0.451 e. The maximum atomic E-state index is 12.1. The number of ketones is 1. The molecule has 6 heteroatoms. The van der Waals surface area contributed by atoms with E-state index in [1.165, 1.54) is 6.92 Å². The van der Waals surface area contributed by atoms with Crippen molar-refractivity contribution in [1.82, 2.24) is 10.3 Å². The summed E-state index contributed by atoms with van der Waals surface area (Å²) in [6.07, 6.45) is 1.25. The third-order valence-corrected chi connectivity index (χ3v) is 3.74. The van der Waals surface area contributed by atoms with Crippen molar-refractivity contribution < 1.29 is 14.3 Å². The normalized spacial score (nSPS) is 20.9. The van der Waals surface area contributed by atoms with Crippen molar-refractivity contribution in [1.29, 1.82) is 0 Å². The Labute approximate surface area is 127 Å². The fourth-order valence-electron chi connectivity index (χ4n) is 2.60. The van der Waals surface area contributed by atoms with E-state index in [9.17, 15) is 9.59 Å². The molecular weight excluding hydrogens is 282 g/mol. The fraction of sp³-hybridized carbons (Fsp3) is 0.312. The van der Waals surface area contributed by atoms with Crippen LogP contribution in [-0.4, -0.2) is 35.3 Å². The first kappa shape index (κ1) is 14.3. The first-order chi connectivity index (χ1) is 10.6. The highest BCUT2D eigenvalue weighted by molar-refractivity contribution is 6.03. The molecule has 1 aliphatic heterocycles. The number of H-pyrrole nitrogens is 1. The van der Waals surface area contributed by atoms with Gasteiger partial charge in [-0.15, -0.1) is 0 Å². The molecule has 0 spiro atoms. The average Bonchev–Trinajstić information content (AvgIpc) is 3.08. The van der Waals surface area contributed by atoms with Crippen molar-refractivity contribution in [3.63, 3.8) is 0 Å². The highest BCUT2D eigenvalue weighted by Gasteiger charge is 2.37.